The lowest BCUT2D eigenvalue weighted by Crippen LogP contribution is -2.44. The van der Waals surface area contributed by atoms with Crippen molar-refractivity contribution < 1.29 is 29.8 Å². The SMILES string of the molecule is C[C@H](O)C(=O)Nc1ccc(CN2C(=O)[C@@](O)([C@@H](C)/C=C/CCO)c3cc([N+](=O)[O-])ccc32)cc1. The molecule has 0 fully saturated rings. The summed E-state index contributed by atoms with van der Waals surface area (Å²) >= 11 is 0. The molecule has 0 bridgehead atoms. The molecule has 3 atom stereocenters. The average molecular weight is 469 g/mol. The van der Waals surface area contributed by atoms with Crippen LogP contribution in [0.2, 0.25) is 0 Å². The van der Waals surface area contributed by atoms with E-state index < -0.39 is 34.4 Å². The molecule has 180 valence electrons. The average Bonchev–Trinajstić information content (AvgIpc) is 3.02. The van der Waals surface area contributed by atoms with Crippen LogP contribution in [0.5, 0.6) is 0 Å². The molecule has 10 heteroatoms. The van der Waals surface area contributed by atoms with Crippen LogP contribution in [0.25, 0.3) is 0 Å². The van der Waals surface area contributed by atoms with E-state index in [1.54, 1.807) is 43.3 Å². The molecule has 0 aromatic heterocycles. The molecular formula is C24H27N3O7. The number of amides is 2. The minimum absolute atomic E-state index is 0.0859. The molecule has 4 N–H and O–H groups in total. The number of fused-ring (bicyclic) bond motifs is 1. The number of nitro groups is 1. The summed E-state index contributed by atoms with van der Waals surface area (Å²) in [5, 5.41) is 43.8. The zero-order chi connectivity index (χ0) is 25.0. The fourth-order valence-corrected chi connectivity index (χ4v) is 3.84. The Kier molecular flexibility index (Phi) is 7.45. The van der Waals surface area contributed by atoms with Gasteiger partial charge < -0.3 is 25.5 Å². The van der Waals surface area contributed by atoms with Crippen molar-refractivity contribution in [1.82, 2.24) is 0 Å². The second-order valence-corrected chi connectivity index (χ2v) is 8.21. The molecule has 0 aliphatic carbocycles. The predicted molar refractivity (Wildman–Crippen MR) is 125 cm³/mol. The Morgan fingerprint density at radius 3 is 2.50 bits per heavy atom. The standard InChI is InChI=1S/C24H27N3O7/c1-15(5-3-4-12-28)24(32)20-13-19(27(33)34)10-11-21(20)26(23(24)31)14-17-6-8-18(9-7-17)25-22(30)16(2)29/h3,5-11,13,15-16,28-29,32H,4,12,14H2,1-2H3,(H,25,30)/b5-3+/t15-,16-,24+/m0/s1. The van der Waals surface area contributed by atoms with Crippen molar-refractivity contribution in [1.29, 1.82) is 0 Å². The molecule has 10 nitrogen and oxygen atoms in total. The number of anilines is 2. The van der Waals surface area contributed by atoms with Crippen LogP contribution in [0, 0.1) is 16.0 Å². The van der Waals surface area contributed by atoms with Crippen LogP contribution < -0.4 is 10.2 Å². The number of non-ortho nitro benzene ring substituents is 1. The number of carbonyl (C=O) groups is 2. The zero-order valence-electron chi connectivity index (χ0n) is 18.8. The molecule has 2 aromatic rings. The molecule has 0 saturated heterocycles. The number of hydrogen-bond donors (Lipinski definition) is 4. The van der Waals surface area contributed by atoms with Gasteiger partial charge in [-0.15, -0.1) is 0 Å². The van der Waals surface area contributed by atoms with Gasteiger partial charge in [-0.25, -0.2) is 0 Å². The third-order valence-electron chi connectivity index (χ3n) is 5.78. The summed E-state index contributed by atoms with van der Waals surface area (Å²) in [6, 6.07) is 10.6. The van der Waals surface area contributed by atoms with Gasteiger partial charge >= 0.3 is 0 Å². The van der Waals surface area contributed by atoms with Crippen molar-refractivity contribution in [3.63, 3.8) is 0 Å². The minimum Gasteiger partial charge on any atom is -0.396 e. The maximum absolute atomic E-state index is 13.5. The fourth-order valence-electron chi connectivity index (χ4n) is 3.84. The molecular weight excluding hydrogens is 442 g/mol. The summed E-state index contributed by atoms with van der Waals surface area (Å²) in [7, 11) is 0. The van der Waals surface area contributed by atoms with Crippen molar-refractivity contribution in [2.24, 2.45) is 5.92 Å². The number of aliphatic hydroxyl groups excluding tert-OH is 2. The van der Waals surface area contributed by atoms with Crippen LogP contribution in [-0.4, -0.2) is 44.8 Å². The summed E-state index contributed by atoms with van der Waals surface area (Å²) < 4.78 is 0. The molecule has 34 heavy (non-hydrogen) atoms. The van der Waals surface area contributed by atoms with E-state index in [9.17, 15) is 29.9 Å². The van der Waals surface area contributed by atoms with Gasteiger partial charge in [-0.3, -0.25) is 19.7 Å². The Morgan fingerprint density at radius 2 is 1.91 bits per heavy atom. The third kappa shape index (κ3) is 4.84. The van der Waals surface area contributed by atoms with E-state index in [-0.39, 0.29) is 24.4 Å². The van der Waals surface area contributed by atoms with Crippen molar-refractivity contribution in [3.8, 4) is 0 Å². The monoisotopic (exact) mass is 469 g/mol. The van der Waals surface area contributed by atoms with Crippen molar-refractivity contribution in [2.45, 2.75) is 38.5 Å². The van der Waals surface area contributed by atoms with Gasteiger partial charge in [0.25, 0.3) is 17.5 Å². The third-order valence-corrected chi connectivity index (χ3v) is 5.78. The molecule has 0 spiro atoms. The van der Waals surface area contributed by atoms with Gasteiger partial charge in [-0.05, 0) is 37.1 Å². The molecule has 3 rings (SSSR count). The molecule has 1 aliphatic heterocycles. The summed E-state index contributed by atoms with van der Waals surface area (Å²) in [5.41, 5.74) is -0.575. The Hall–Kier alpha value is -3.60. The zero-order valence-corrected chi connectivity index (χ0v) is 18.8. The number of nitro benzene ring substituents is 1. The largest absolute Gasteiger partial charge is 0.396 e. The molecule has 0 radical (unpaired) electrons. The van der Waals surface area contributed by atoms with Gasteiger partial charge in [0.1, 0.15) is 6.10 Å². The number of benzene rings is 2. The second-order valence-electron chi connectivity index (χ2n) is 8.21. The van der Waals surface area contributed by atoms with Crippen LogP contribution in [0.4, 0.5) is 17.1 Å². The molecule has 2 aromatic carbocycles. The first-order valence-corrected chi connectivity index (χ1v) is 10.8. The number of nitrogens with zero attached hydrogens (tertiary/aromatic N) is 2. The summed E-state index contributed by atoms with van der Waals surface area (Å²) in [6.07, 6.45) is 2.45. The first-order valence-electron chi connectivity index (χ1n) is 10.8. The van der Waals surface area contributed by atoms with Crippen LogP contribution in [-0.2, 0) is 21.7 Å². The predicted octanol–water partition coefficient (Wildman–Crippen LogP) is 2.22. The minimum atomic E-state index is -2.02. The normalized spacial score (nSPS) is 19.2. The number of rotatable bonds is 9. The number of carbonyl (C=O) groups excluding carboxylic acids is 2. The number of aliphatic hydroxyl groups is 3. The summed E-state index contributed by atoms with van der Waals surface area (Å²) in [5.74, 6) is -1.88. The van der Waals surface area contributed by atoms with Gasteiger partial charge in [0.2, 0.25) is 0 Å². The van der Waals surface area contributed by atoms with Crippen LogP contribution >= 0.6 is 0 Å². The van der Waals surface area contributed by atoms with E-state index in [1.807, 2.05) is 0 Å². The first kappa shape index (κ1) is 25.0. The lowest BCUT2D eigenvalue weighted by atomic mass is 9.82. The van der Waals surface area contributed by atoms with E-state index in [4.69, 9.17) is 5.11 Å². The first-order chi connectivity index (χ1) is 16.1. The van der Waals surface area contributed by atoms with Crippen molar-refractivity contribution in [3.05, 3.63) is 75.9 Å². The molecule has 2 amide bonds. The topological polar surface area (TPSA) is 153 Å². The van der Waals surface area contributed by atoms with Crippen molar-refractivity contribution >= 4 is 28.9 Å². The Labute approximate surface area is 196 Å². The molecule has 0 saturated carbocycles. The van der Waals surface area contributed by atoms with E-state index in [0.29, 0.717) is 23.4 Å². The van der Waals surface area contributed by atoms with E-state index in [0.717, 1.165) is 0 Å². The van der Waals surface area contributed by atoms with Gasteiger partial charge in [-0.2, -0.15) is 0 Å². The highest BCUT2D eigenvalue weighted by Crippen LogP contribution is 2.47. The van der Waals surface area contributed by atoms with Crippen LogP contribution in [0.3, 0.4) is 0 Å². The summed E-state index contributed by atoms with van der Waals surface area (Å²) in [4.78, 5) is 37.2. The van der Waals surface area contributed by atoms with E-state index in [1.165, 1.54) is 30.0 Å². The Bertz CT molecular complexity index is 1110. The van der Waals surface area contributed by atoms with Crippen molar-refractivity contribution in [2.75, 3.05) is 16.8 Å². The van der Waals surface area contributed by atoms with Gasteiger partial charge in [-0.1, -0.05) is 31.2 Å². The number of nitrogens with one attached hydrogen (secondary N) is 1. The smallest absolute Gasteiger partial charge is 0.269 e. The maximum atomic E-state index is 13.5. The van der Waals surface area contributed by atoms with Gasteiger partial charge in [0.15, 0.2) is 5.60 Å². The number of hydrogen-bond acceptors (Lipinski definition) is 7. The lowest BCUT2D eigenvalue weighted by Gasteiger charge is -2.27. The quantitative estimate of drug-likeness (QED) is 0.249. The second kappa shape index (κ2) is 10.1. The summed E-state index contributed by atoms with van der Waals surface area (Å²) in [6.45, 7) is 2.99. The molecule has 1 aliphatic rings. The fraction of sp³-hybridized carbons (Fsp3) is 0.333. The van der Waals surface area contributed by atoms with Crippen LogP contribution in [0.15, 0.2) is 54.6 Å². The Morgan fingerprint density at radius 1 is 1.24 bits per heavy atom. The highest BCUT2D eigenvalue weighted by molar-refractivity contribution is 6.07. The molecule has 1 heterocycles. The highest BCUT2D eigenvalue weighted by atomic mass is 16.6. The van der Waals surface area contributed by atoms with Gasteiger partial charge in [0.05, 0.1) is 17.2 Å². The lowest BCUT2D eigenvalue weighted by molar-refractivity contribution is -0.385. The van der Waals surface area contributed by atoms with Gasteiger partial charge in [0, 0.05) is 35.9 Å². The van der Waals surface area contributed by atoms with Crippen LogP contribution in [0.1, 0.15) is 31.4 Å². The Balaban J connectivity index is 1.94. The molecule has 0 unspecified atom stereocenters. The van der Waals surface area contributed by atoms with E-state index >= 15 is 0 Å². The highest BCUT2D eigenvalue weighted by Gasteiger charge is 2.53. The maximum Gasteiger partial charge on any atom is 0.269 e. The van der Waals surface area contributed by atoms with E-state index in [2.05, 4.69) is 5.32 Å².